The molecule has 0 aliphatic heterocycles. The minimum atomic E-state index is -0.910. The van der Waals surface area contributed by atoms with Crippen molar-refractivity contribution in [3.63, 3.8) is 0 Å². The SMILES string of the molecule is NCO[B]C(Cc1ccccc1)C(=O)O. The van der Waals surface area contributed by atoms with E-state index in [0.717, 1.165) is 5.56 Å². The Balaban J connectivity index is 2.55. The number of carboxylic acids is 1. The van der Waals surface area contributed by atoms with Crippen LogP contribution in [0.3, 0.4) is 0 Å². The summed E-state index contributed by atoms with van der Waals surface area (Å²) in [4.78, 5) is 10.9. The topological polar surface area (TPSA) is 72.5 Å². The number of carboxylic acid groups (broad SMARTS) is 1. The molecule has 0 bridgehead atoms. The number of hydrogen-bond donors (Lipinski definition) is 2. The summed E-state index contributed by atoms with van der Waals surface area (Å²) < 4.78 is 4.80. The van der Waals surface area contributed by atoms with Crippen LogP contribution in [-0.2, 0) is 15.9 Å². The van der Waals surface area contributed by atoms with Crippen LogP contribution in [0, 0.1) is 0 Å². The zero-order valence-electron chi connectivity index (χ0n) is 8.30. The second kappa shape index (κ2) is 6.21. The Hall–Kier alpha value is -1.33. The van der Waals surface area contributed by atoms with Crippen LogP contribution in [0.4, 0.5) is 0 Å². The molecule has 0 heterocycles. The van der Waals surface area contributed by atoms with E-state index in [-0.39, 0.29) is 6.73 Å². The highest BCUT2D eigenvalue weighted by Crippen LogP contribution is 2.13. The largest absolute Gasteiger partial charge is 0.481 e. The highest BCUT2D eigenvalue weighted by atomic mass is 16.4. The number of nitrogens with two attached hydrogens (primary N) is 1. The van der Waals surface area contributed by atoms with E-state index in [1.54, 1.807) is 0 Å². The van der Waals surface area contributed by atoms with E-state index in [0.29, 0.717) is 6.42 Å². The third-order valence-electron chi connectivity index (χ3n) is 1.97. The Labute approximate surface area is 89.3 Å². The van der Waals surface area contributed by atoms with Gasteiger partial charge in [-0.3, -0.25) is 4.79 Å². The lowest BCUT2D eigenvalue weighted by molar-refractivity contribution is -0.137. The molecule has 0 saturated carbocycles. The molecule has 1 radical (unpaired) electrons. The molecule has 0 aliphatic carbocycles. The Kier molecular flexibility index (Phi) is 4.87. The van der Waals surface area contributed by atoms with Crippen molar-refractivity contribution in [2.75, 3.05) is 6.73 Å². The van der Waals surface area contributed by atoms with Crippen molar-refractivity contribution >= 4 is 13.5 Å². The van der Waals surface area contributed by atoms with Gasteiger partial charge in [-0.25, -0.2) is 0 Å². The van der Waals surface area contributed by atoms with Crippen LogP contribution in [0.5, 0.6) is 0 Å². The van der Waals surface area contributed by atoms with Crippen LogP contribution >= 0.6 is 0 Å². The molecule has 0 fully saturated rings. The minimum absolute atomic E-state index is 0.00142. The number of benzene rings is 1. The van der Waals surface area contributed by atoms with Crippen molar-refractivity contribution in [1.29, 1.82) is 0 Å². The Morgan fingerprint density at radius 2 is 2.13 bits per heavy atom. The van der Waals surface area contributed by atoms with Gasteiger partial charge in [0, 0.05) is 0 Å². The standard InChI is InChI=1S/C10H13BNO3/c12-7-15-11-9(10(13)14)6-8-4-2-1-3-5-8/h1-5,9H,6-7,12H2,(H,13,14). The van der Waals surface area contributed by atoms with Gasteiger partial charge in [0.05, 0.1) is 12.5 Å². The van der Waals surface area contributed by atoms with Gasteiger partial charge in [-0.1, -0.05) is 30.3 Å². The summed E-state index contributed by atoms with van der Waals surface area (Å²) in [6.07, 6.45) is 0.413. The van der Waals surface area contributed by atoms with Crippen LogP contribution in [0.25, 0.3) is 0 Å². The van der Waals surface area contributed by atoms with E-state index in [2.05, 4.69) is 0 Å². The van der Waals surface area contributed by atoms with Crippen molar-refractivity contribution in [2.24, 2.45) is 5.73 Å². The quantitative estimate of drug-likeness (QED) is 0.529. The predicted octanol–water partition coefficient (Wildman–Crippen LogP) is 0.654. The first-order chi connectivity index (χ1) is 7.24. The van der Waals surface area contributed by atoms with Gasteiger partial charge in [-0.2, -0.15) is 0 Å². The second-order valence-corrected chi connectivity index (χ2v) is 3.10. The second-order valence-electron chi connectivity index (χ2n) is 3.10. The fourth-order valence-electron chi connectivity index (χ4n) is 1.23. The van der Waals surface area contributed by atoms with Gasteiger partial charge in [-0.05, 0) is 12.0 Å². The lowest BCUT2D eigenvalue weighted by Gasteiger charge is -2.10. The maximum Gasteiger partial charge on any atom is 0.309 e. The number of rotatable bonds is 6. The Bertz CT molecular complexity index is 305. The summed E-state index contributed by atoms with van der Waals surface area (Å²) in [6, 6.07) is 9.40. The van der Waals surface area contributed by atoms with Gasteiger partial charge in [0.15, 0.2) is 0 Å². The molecule has 79 valence electrons. The van der Waals surface area contributed by atoms with Gasteiger partial charge < -0.3 is 15.5 Å². The summed E-state index contributed by atoms with van der Waals surface area (Å²) in [6.45, 7) is -0.00142. The molecule has 1 aromatic rings. The normalized spacial score (nSPS) is 12.1. The molecule has 1 aromatic carbocycles. The molecule has 5 heteroatoms. The van der Waals surface area contributed by atoms with Crippen molar-refractivity contribution in [1.82, 2.24) is 0 Å². The summed E-state index contributed by atoms with van der Waals surface area (Å²) in [5.74, 6) is -1.57. The first kappa shape index (κ1) is 11.7. The summed E-state index contributed by atoms with van der Waals surface area (Å²) in [5, 5.41) is 8.91. The van der Waals surface area contributed by atoms with Crippen molar-refractivity contribution in [2.45, 2.75) is 12.2 Å². The Morgan fingerprint density at radius 1 is 1.47 bits per heavy atom. The van der Waals surface area contributed by atoms with Crippen molar-refractivity contribution in [3.8, 4) is 0 Å². The van der Waals surface area contributed by atoms with E-state index in [4.69, 9.17) is 15.5 Å². The van der Waals surface area contributed by atoms with Gasteiger partial charge in [-0.15, -0.1) is 0 Å². The fraction of sp³-hybridized carbons (Fsp3) is 0.300. The molecule has 0 saturated heterocycles. The van der Waals surface area contributed by atoms with Crippen molar-refractivity contribution in [3.05, 3.63) is 35.9 Å². The molecule has 1 rings (SSSR count). The highest BCUT2D eigenvalue weighted by molar-refractivity contribution is 6.36. The summed E-state index contributed by atoms with van der Waals surface area (Å²) in [7, 11) is 1.27. The van der Waals surface area contributed by atoms with Crippen LogP contribution in [-0.4, -0.2) is 25.3 Å². The van der Waals surface area contributed by atoms with Crippen LogP contribution in [0.1, 0.15) is 5.56 Å². The van der Waals surface area contributed by atoms with E-state index >= 15 is 0 Å². The summed E-state index contributed by atoms with van der Waals surface area (Å²) in [5.41, 5.74) is 6.08. The monoisotopic (exact) mass is 206 g/mol. The van der Waals surface area contributed by atoms with E-state index in [1.807, 2.05) is 30.3 Å². The number of aliphatic carboxylic acids is 1. The number of hydrogen-bond acceptors (Lipinski definition) is 3. The average molecular weight is 206 g/mol. The molecule has 1 unspecified atom stereocenters. The molecular weight excluding hydrogens is 193 g/mol. The lowest BCUT2D eigenvalue weighted by atomic mass is 9.76. The van der Waals surface area contributed by atoms with E-state index < -0.39 is 11.8 Å². The van der Waals surface area contributed by atoms with Gasteiger partial charge in [0.25, 0.3) is 0 Å². The lowest BCUT2D eigenvalue weighted by Crippen LogP contribution is -2.21. The van der Waals surface area contributed by atoms with Gasteiger partial charge in [0.2, 0.25) is 0 Å². The maximum atomic E-state index is 10.9. The zero-order chi connectivity index (χ0) is 11.1. The average Bonchev–Trinajstić information content (AvgIpc) is 2.25. The molecule has 15 heavy (non-hydrogen) atoms. The van der Waals surface area contributed by atoms with Crippen LogP contribution in [0.2, 0.25) is 5.82 Å². The molecule has 1 atom stereocenters. The number of carbonyl (C=O) groups is 1. The molecule has 0 amide bonds. The molecule has 0 spiro atoms. The third-order valence-corrected chi connectivity index (χ3v) is 1.97. The smallest absolute Gasteiger partial charge is 0.309 e. The fourth-order valence-corrected chi connectivity index (χ4v) is 1.23. The van der Waals surface area contributed by atoms with Crippen molar-refractivity contribution < 1.29 is 14.6 Å². The molecular formula is C10H13BNO3. The molecule has 3 N–H and O–H groups in total. The first-order valence-electron chi connectivity index (χ1n) is 4.65. The van der Waals surface area contributed by atoms with Crippen LogP contribution < -0.4 is 5.73 Å². The molecule has 4 nitrogen and oxygen atoms in total. The van der Waals surface area contributed by atoms with E-state index in [1.165, 1.54) is 7.48 Å². The Morgan fingerprint density at radius 3 is 2.67 bits per heavy atom. The van der Waals surface area contributed by atoms with E-state index in [9.17, 15) is 4.79 Å². The minimum Gasteiger partial charge on any atom is -0.481 e. The highest BCUT2D eigenvalue weighted by Gasteiger charge is 2.20. The summed E-state index contributed by atoms with van der Waals surface area (Å²) >= 11 is 0. The van der Waals surface area contributed by atoms with Crippen LogP contribution in [0.15, 0.2) is 30.3 Å². The van der Waals surface area contributed by atoms with Gasteiger partial charge in [0.1, 0.15) is 0 Å². The maximum absolute atomic E-state index is 10.9. The zero-order valence-corrected chi connectivity index (χ0v) is 8.30. The van der Waals surface area contributed by atoms with Gasteiger partial charge >= 0.3 is 13.5 Å². The molecule has 0 aliphatic rings. The molecule has 0 aromatic heterocycles. The predicted molar refractivity (Wildman–Crippen MR) is 57.4 cm³/mol. The third kappa shape index (κ3) is 4.14. The first-order valence-corrected chi connectivity index (χ1v) is 4.65.